The van der Waals surface area contributed by atoms with Crippen LogP contribution in [0.2, 0.25) is 0 Å². The molecule has 172 valence electrons. The minimum absolute atomic E-state index is 0.0569. The average molecular weight is 453 g/mol. The molecule has 1 aliphatic rings. The molecule has 0 heterocycles. The molecule has 1 saturated carbocycles. The number of hydrogen-bond acceptors (Lipinski definition) is 0. The third kappa shape index (κ3) is 5.41. The van der Waals surface area contributed by atoms with E-state index in [1.807, 2.05) is 0 Å². The van der Waals surface area contributed by atoms with E-state index in [1.165, 1.54) is 30.9 Å². The van der Waals surface area contributed by atoms with Gasteiger partial charge in [0, 0.05) is 11.5 Å². The maximum Gasteiger partial charge on any atom is 0.195 e. The van der Waals surface area contributed by atoms with E-state index in [4.69, 9.17) is 0 Å². The van der Waals surface area contributed by atoms with Gasteiger partial charge in [0.05, 0.1) is 5.39 Å². The van der Waals surface area contributed by atoms with Gasteiger partial charge in [-0.3, -0.25) is 0 Å². The van der Waals surface area contributed by atoms with Crippen molar-refractivity contribution < 1.29 is 17.6 Å². The molecule has 0 unspecified atom stereocenters. The molecule has 3 aromatic carbocycles. The molecule has 0 amide bonds. The van der Waals surface area contributed by atoms with Crippen molar-refractivity contribution in [2.45, 2.75) is 64.2 Å². The van der Waals surface area contributed by atoms with Crippen LogP contribution in [-0.2, 0) is 6.42 Å². The molecule has 1 aliphatic carbocycles. The van der Waals surface area contributed by atoms with Gasteiger partial charge >= 0.3 is 0 Å². The Kier molecular flexibility index (Phi) is 7.38. The molecule has 33 heavy (non-hydrogen) atoms. The highest BCUT2D eigenvalue weighted by Crippen LogP contribution is 2.38. The molecule has 0 aromatic heterocycles. The largest absolute Gasteiger partial charge is 0.206 e. The van der Waals surface area contributed by atoms with E-state index in [9.17, 15) is 17.6 Å². The van der Waals surface area contributed by atoms with Gasteiger partial charge in [-0.25, -0.2) is 17.6 Å². The van der Waals surface area contributed by atoms with E-state index in [0.29, 0.717) is 5.56 Å². The lowest BCUT2D eigenvalue weighted by Gasteiger charge is -2.26. The van der Waals surface area contributed by atoms with E-state index < -0.39 is 28.7 Å². The van der Waals surface area contributed by atoms with Crippen LogP contribution in [0, 0.1) is 41.0 Å². The quantitative estimate of drug-likeness (QED) is 0.158. The highest BCUT2D eigenvalue weighted by molar-refractivity contribution is 5.84. The molecule has 0 atom stereocenters. The number of rotatable bonds is 5. The number of fused-ring (bicyclic) bond motifs is 1. The zero-order valence-corrected chi connectivity index (χ0v) is 18.9. The lowest BCUT2D eigenvalue weighted by molar-refractivity contribution is 0.384. The summed E-state index contributed by atoms with van der Waals surface area (Å²) in [4.78, 5) is 0. The van der Waals surface area contributed by atoms with Crippen molar-refractivity contribution in [3.63, 3.8) is 0 Å². The van der Waals surface area contributed by atoms with Crippen LogP contribution in [0.5, 0.6) is 0 Å². The van der Waals surface area contributed by atoms with Gasteiger partial charge < -0.3 is 0 Å². The van der Waals surface area contributed by atoms with Gasteiger partial charge in [0.15, 0.2) is 17.5 Å². The average Bonchev–Trinajstić information content (AvgIpc) is 2.82. The Morgan fingerprint density at radius 1 is 0.818 bits per heavy atom. The standard InChI is InChI=1S/C29H28F4/c1-2-3-4-5-19-6-8-20(9-7-19)10-11-21-12-14-22(15-13-21)23-16-24-18-26(31)28(32)29(33)27(24)25(30)17-23/h6-9,16-18,21-22H,2-5,12-15H2,1H3. The van der Waals surface area contributed by atoms with Crippen molar-refractivity contribution in [1.29, 1.82) is 0 Å². The molecular weight excluding hydrogens is 424 g/mol. The fraction of sp³-hybridized carbons (Fsp3) is 0.379. The zero-order valence-electron chi connectivity index (χ0n) is 18.9. The summed E-state index contributed by atoms with van der Waals surface area (Å²) in [6.07, 6.45) is 8.22. The van der Waals surface area contributed by atoms with Crippen LogP contribution in [0.3, 0.4) is 0 Å². The Morgan fingerprint density at radius 3 is 2.24 bits per heavy atom. The SMILES string of the molecule is CCCCCc1ccc(C#CC2CCC(c3cc(F)c4c(F)c(F)c(F)cc4c3)CC2)cc1. The van der Waals surface area contributed by atoms with Crippen molar-refractivity contribution in [2.75, 3.05) is 0 Å². The van der Waals surface area contributed by atoms with Gasteiger partial charge in [-0.15, -0.1) is 0 Å². The predicted molar refractivity (Wildman–Crippen MR) is 125 cm³/mol. The Hall–Kier alpha value is -2.80. The number of unbranched alkanes of at least 4 members (excludes halogenated alkanes) is 2. The maximum absolute atomic E-state index is 14.5. The Labute approximate surface area is 193 Å². The highest BCUT2D eigenvalue weighted by atomic mass is 19.2. The van der Waals surface area contributed by atoms with Crippen LogP contribution in [0.25, 0.3) is 10.8 Å². The fourth-order valence-corrected chi connectivity index (χ4v) is 4.74. The van der Waals surface area contributed by atoms with Crippen molar-refractivity contribution in [3.05, 3.63) is 82.4 Å². The second-order valence-corrected chi connectivity index (χ2v) is 9.06. The lowest BCUT2D eigenvalue weighted by atomic mass is 9.78. The van der Waals surface area contributed by atoms with E-state index in [1.54, 1.807) is 6.07 Å². The third-order valence-corrected chi connectivity index (χ3v) is 6.69. The van der Waals surface area contributed by atoms with Crippen LogP contribution < -0.4 is 0 Å². The molecule has 4 rings (SSSR count). The molecule has 0 radical (unpaired) electrons. The van der Waals surface area contributed by atoms with Gasteiger partial charge in [-0.1, -0.05) is 49.8 Å². The summed E-state index contributed by atoms with van der Waals surface area (Å²) in [5.74, 6) is 1.78. The molecule has 0 spiro atoms. The van der Waals surface area contributed by atoms with Crippen LogP contribution in [-0.4, -0.2) is 0 Å². The summed E-state index contributed by atoms with van der Waals surface area (Å²) in [5.41, 5.74) is 3.07. The van der Waals surface area contributed by atoms with Gasteiger partial charge in [0.1, 0.15) is 5.82 Å². The topological polar surface area (TPSA) is 0 Å². The van der Waals surface area contributed by atoms with Crippen LogP contribution in [0.15, 0.2) is 42.5 Å². The molecule has 0 aliphatic heterocycles. The number of hydrogen-bond donors (Lipinski definition) is 0. The lowest BCUT2D eigenvalue weighted by Crippen LogP contribution is -2.12. The third-order valence-electron chi connectivity index (χ3n) is 6.69. The van der Waals surface area contributed by atoms with Crippen LogP contribution >= 0.6 is 0 Å². The van der Waals surface area contributed by atoms with Crippen molar-refractivity contribution >= 4 is 10.8 Å². The van der Waals surface area contributed by atoms with Crippen LogP contribution in [0.1, 0.15) is 74.5 Å². The van der Waals surface area contributed by atoms with Gasteiger partial charge in [0.25, 0.3) is 0 Å². The van der Waals surface area contributed by atoms with E-state index >= 15 is 0 Å². The van der Waals surface area contributed by atoms with Gasteiger partial charge in [0.2, 0.25) is 0 Å². The first-order chi connectivity index (χ1) is 16.0. The molecular formula is C29H28F4. The van der Waals surface area contributed by atoms with Crippen molar-refractivity contribution in [2.24, 2.45) is 5.92 Å². The number of halogens is 4. The summed E-state index contributed by atoms with van der Waals surface area (Å²) >= 11 is 0. The highest BCUT2D eigenvalue weighted by Gasteiger charge is 2.24. The van der Waals surface area contributed by atoms with Crippen LogP contribution in [0.4, 0.5) is 17.6 Å². The first-order valence-corrected chi connectivity index (χ1v) is 11.8. The number of aryl methyl sites for hydroxylation is 1. The molecule has 1 fully saturated rings. The van der Waals surface area contributed by atoms with E-state index in [2.05, 4.69) is 43.0 Å². The normalized spacial score (nSPS) is 18.2. The summed E-state index contributed by atoms with van der Waals surface area (Å²) in [6.45, 7) is 2.21. The minimum atomic E-state index is -1.64. The smallest absolute Gasteiger partial charge is 0.195 e. The Morgan fingerprint density at radius 2 is 1.55 bits per heavy atom. The van der Waals surface area contributed by atoms with Crippen molar-refractivity contribution in [3.8, 4) is 11.8 Å². The summed E-state index contributed by atoms with van der Waals surface area (Å²) in [5, 5.41) is -0.435. The summed E-state index contributed by atoms with van der Waals surface area (Å²) in [7, 11) is 0. The number of benzene rings is 3. The fourth-order valence-electron chi connectivity index (χ4n) is 4.74. The van der Waals surface area contributed by atoms with Gasteiger partial charge in [-0.2, -0.15) is 0 Å². The minimum Gasteiger partial charge on any atom is -0.206 e. The zero-order chi connectivity index (χ0) is 23.4. The first-order valence-electron chi connectivity index (χ1n) is 11.8. The predicted octanol–water partition coefficient (Wildman–Crippen LogP) is 8.45. The summed E-state index contributed by atoms with van der Waals surface area (Å²) < 4.78 is 55.6. The molecule has 0 N–H and O–H groups in total. The van der Waals surface area contributed by atoms with Crippen molar-refractivity contribution in [1.82, 2.24) is 0 Å². The molecule has 0 bridgehead atoms. The monoisotopic (exact) mass is 452 g/mol. The Balaban J connectivity index is 1.40. The molecule has 4 heteroatoms. The first kappa shape index (κ1) is 23.4. The van der Waals surface area contributed by atoms with Gasteiger partial charge in [-0.05, 0) is 85.2 Å². The molecule has 0 saturated heterocycles. The van der Waals surface area contributed by atoms with E-state index in [-0.39, 0.29) is 17.2 Å². The second-order valence-electron chi connectivity index (χ2n) is 9.06. The molecule has 3 aromatic rings. The second kappa shape index (κ2) is 10.4. The van der Waals surface area contributed by atoms with E-state index in [0.717, 1.165) is 43.7 Å². The molecule has 0 nitrogen and oxygen atoms in total. The summed E-state index contributed by atoms with van der Waals surface area (Å²) in [6, 6.07) is 12.2. The maximum atomic E-state index is 14.5. The Bertz CT molecular complexity index is 1180.